The molecule has 0 spiro atoms. The van der Waals surface area contributed by atoms with E-state index in [1.165, 1.54) is 11.3 Å². The van der Waals surface area contributed by atoms with Crippen molar-refractivity contribution in [2.24, 2.45) is 0 Å². The highest BCUT2D eigenvalue weighted by Crippen LogP contribution is 2.07. The fourth-order valence-corrected chi connectivity index (χ4v) is 1.28. The summed E-state index contributed by atoms with van der Waals surface area (Å²) >= 11 is 1.50. The number of esters is 1. The second kappa shape index (κ2) is 4.13. The van der Waals surface area contributed by atoms with Gasteiger partial charge < -0.3 is 4.74 Å². The van der Waals surface area contributed by atoms with Crippen molar-refractivity contribution in [3.05, 3.63) is 22.4 Å². The first kappa shape index (κ1) is 8.27. The van der Waals surface area contributed by atoms with E-state index in [0.717, 1.165) is 6.42 Å². The lowest BCUT2D eigenvalue weighted by Crippen LogP contribution is -2.03. The summed E-state index contributed by atoms with van der Waals surface area (Å²) in [5.41, 5.74) is 0.656. The highest BCUT2D eigenvalue weighted by Gasteiger charge is 2.04. The summed E-state index contributed by atoms with van der Waals surface area (Å²) in [6.07, 6.45) is 0.871. The quantitative estimate of drug-likeness (QED) is 0.651. The molecule has 2 nitrogen and oxygen atoms in total. The molecule has 0 N–H and O–H groups in total. The van der Waals surface area contributed by atoms with Gasteiger partial charge in [-0.2, -0.15) is 11.3 Å². The monoisotopic (exact) mass is 170 g/mol. The first-order valence-corrected chi connectivity index (χ1v) is 4.48. The predicted molar refractivity (Wildman–Crippen MR) is 44.9 cm³/mol. The molecule has 0 aliphatic heterocycles. The van der Waals surface area contributed by atoms with Gasteiger partial charge in [0.25, 0.3) is 0 Å². The third kappa shape index (κ3) is 2.35. The predicted octanol–water partition coefficient (Wildman–Crippen LogP) is 2.31. The molecule has 0 aliphatic rings. The Morgan fingerprint density at radius 1 is 1.73 bits per heavy atom. The molecule has 0 unspecified atom stereocenters. The van der Waals surface area contributed by atoms with Crippen molar-refractivity contribution in [3.8, 4) is 0 Å². The average molecular weight is 170 g/mol. The summed E-state index contributed by atoms with van der Waals surface area (Å²) in [7, 11) is 0. The Hall–Kier alpha value is -0.830. The van der Waals surface area contributed by atoms with Crippen LogP contribution in [0.2, 0.25) is 0 Å². The zero-order valence-electron chi connectivity index (χ0n) is 6.37. The number of thiophene rings is 1. The molecule has 1 aromatic heterocycles. The summed E-state index contributed by atoms with van der Waals surface area (Å²) in [5, 5.41) is 3.65. The van der Waals surface area contributed by atoms with Crippen LogP contribution in [0.3, 0.4) is 0 Å². The van der Waals surface area contributed by atoms with Crippen LogP contribution in [0, 0.1) is 0 Å². The molecule has 0 bridgehead atoms. The Labute approximate surface area is 69.8 Å². The van der Waals surface area contributed by atoms with Gasteiger partial charge in [0.05, 0.1) is 12.2 Å². The van der Waals surface area contributed by atoms with Crippen molar-refractivity contribution in [1.82, 2.24) is 0 Å². The molecule has 0 radical (unpaired) electrons. The lowest BCUT2D eigenvalue weighted by Gasteiger charge is -1.98. The van der Waals surface area contributed by atoms with E-state index in [9.17, 15) is 4.79 Å². The van der Waals surface area contributed by atoms with E-state index in [2.05, 4.69) is 0 Å². The van der Waals surface area contributed by atoms with Gasteiger partial charge in [-0.25, -0.2) is 4.79 Å². The van der Waals surface area contributed by atoms with Crippen molar-refractivity contribution < 1.29 is 9.53 Å². The van der Waals surface area contributed by atoms with Gasteiger partial charge in [-0.15, -0.1) is 0 Å². The van der Waals surface area contributed by atoms with Crippen LogP contribution >= 0.6 is 11.3 Å². The Morgan fingerprint density at radius 3 is 3.09 bits per heavy atom. The maximum Gasteiger partial charge on any atom is 0.338 e. The van der Waals surface area contributed by atoms with Gasteiger partial charge in [-0.05, 0) is 17.9 Å². The molecule has 1 heterocycles. The van der Waals surface area contributed by atoms with E-state index in [4.69, 9.17) is 4.74 Å². The number of carbonyl (C=O) groups is 1. The lowest BCUT2D eigenvalue weighted by molar-refractivity contribution is 0.0506. The Kier molecular flexibility index (Phi) is 3.11. The lowest BCUT2D eigenvalue weighted by atomic mass is 10.3. The minimum absolute atomic E-state index is 0.215. The van der Waals surface area contributed by atoms with Crippen LogP contribution in [0.1, 0.15) is 23.7 Å². The maximum atomic E-state index is 11.0. The van der Waals surface area contributed by atoms with E-state index >= 15 is 0 Å². The Bertz CT molecular complexity index is 216. The maximum absolute atomic E-state index is 11.0. The summed E-state index contributed by atoms with van der Waals surface area (Å²) in [5.74, 6) is -0.215. The van der Waals surface area contributed by atoms with Crippen LogP contribution in [0.25, 0.3) is 0 Å². The summed E-state index contributed by atoms with van der Waals surface area (Å²) < 4.78 is 4.90. The molecule has 60 valence electrons. The number of rotatable bonds is 3. The van der Waals surface area contributed by atoms with E-state index in [-0.39, 0.29) is 5.97 Å². The first-order chi connectivity index (χ1) is 5.34. The minimum atomic E-state index is -0.215. The van der Waals surface area contributed by atoms with Crippen LogP contribution in [0.5, 0.6) is 0 Å². The molecular weight excluding hydrogens is 160 g/mol. The van der Waals surface area contributed by atoms with Crippen LogP contribution in [-0.2, 0) is 4.74 Å². The molecule has 3 heteroatoms. The molecular formula is C8H10O2S. The van der Waals surface area contributed by atoms with E-state index < -0.39 is 0 Å². The van der Waals surface area contributed by atoms with Crippen LogP contribution < -0.4 is 0 Å². The second-order valence-corrected chi connectivity index (χ2v) is 2.93. The molecule has 0 aromatic carbocycles. The molecule has 0 saturated carbocycles. The summed E-state index contributed by atoms with van der Waals surface area (Å²) in [4.78, 5) is 11.0. The topological polar surface area (TPSA) is 26.3 Å². The average Bonchev–Trinajstić information content (AvgIpc) is 2.52. The Balaban J connectivity index is 2.43. The number of ether oxygens (including phenoxy) is 1. The molecule has 0 amide bonds. The van der Waals surface area contributed by atoms with Gasteiger partial charge in [-0.1, -0.05) is 6.92 Å². The largest absolute Gasteiger partial charge is 0.462 e. The standard InChI is InChI=1S/C8H10O2S/c1-2-4-10-8(9)7-3-5-11-6-7/h3,5-6H,2,4H2,1H3. The molecule has 1 rings (SSSR count). The van der Waals surface area contributed by atoms with Crippen molar-refractivity contribution in [2.45, 2.75) is 13.3 Å². The highest BCUT2D eigenvalue weighted by molar-refractivity contribution is 7.08. The SMILES string of the molecule is CCCOC(=O)c1ccsc1. The van der Waals surface area contributed by atoms with Gasteiger partial charge >= 0.3 is 5.97 Å². The zero-order valence-corrected chi connectivity index (χ0v) is 7.19. The fourth-order valence-electron chi connectivity index (χ4n) is 0.659. The zero-order chi connectivity index (χ0) is 8.10. The smallest absolute Gasteiger partial charge is 0.338 e. The third-order valence-electron chi connectivity index (χ3n) is 1.19. The van der Waals surface area contributed by atoms with Crippen LogP contribution in [0.4, 0.5) is 0 Å². The van der Waals surface area contributed by atoms with E-state index in [0.29, 0.717) is 12.2 Å². The van der Waals surface area contributed by atoms with Gasteiger partial charge in [-0.3, -0.25) is 0 Å². The van der Waals surface area contributed by atoms with Crippen molar-refractivity contribution in [1.29, 1.82) is 0 Å². The van der Waals surface area contributed by atoms with Crippen LogP contribution in [-0.4, -0.2) is 12.6 Å². The van der Waals surface area contributed by atoms with Gasteiger partial charge in [0.2, 0.25) is 0 Å². The molecule has 0 aliphatic carbocycles. The number of hydrogen-bond acceptors (Lipinski definition) is 3. The van der Waals surface area contributed by atoms with Crippen molar-refractivity contribution in [3.63, 3.8) is 0 Å². The summed E-state index contributed by atoms with van der Waals surface area (Å²) in [6.45, 7) is 2.48. The van der Waals surface area contributed by atoms with Crippen molar-refractivity contribution >= 4 is 17.3 Å². The number of hydrogen-bond donors (Lipinski definition) is 0. The molecule has 0 fully saturated rings. The normalized spacial score (nSPS) is 9.55. The van der Waals surface area contributed by atoms with E-state index in [1.54, 1.807) is 11.4 Å². The highest BCUT2D eigenvalue weighted by atomic mass is 32.1. The minimum Gasteiger partial charge on any atom is -0.462 e. The molecule has 1 aromatic rings. The molecule has 0 saturated heterocycles. The molecule has 11 heavy (non-hydrogen) atoms. The van der Waals surface area contributed by atoms with Crippen molar-refractivity contribution in [2.75, 3.05) is 6.61 Å². The second-order valence-electron chi connectivity index (χ2n) is 2.15. The first-order valence-electron chi connectivity index (χ1n) is 3.54. The number of carbonyl (C=O) groups excluding carboxylic acids is 1. The fraction of sp³-hybridized carbons (Fsp3) is 0.375. The third-order valence-corrected chi connectivity index (χ3v) is 1.88. The van der Waals surface area contributed by atoms with E-state index in [1.807, 2.05) is 12.3 Å². The Morgan fingerprint density at radius 2 is 2.55 bits per heavy atom. The summed E-state index contributed by atoms with van der Waals surface area (Å²) in [6, 6.07) is 1.77. The van der Waals surface area contributed by atoms with Crippen LogP contribution in [0.15, 0.2) is 16.8 Å². The van der Waals surface area contributed by atoms with Gasteiger partial charge in [0.15, 0.2) is 0 Å². The molecule has 0 atom stereocenters. The van der Waals surface area contributed by atoms with Gasteiger partial charge in [0, 0.05) is 5.38 Å². The van der Waals surface area contributed by atoms with Gasteiger partial charge in [0.1, 0.15) is 0 Å².